The number of nitrogens with zero attached hydrogens (tertiary/aromatic N) is 5. The molecule has 0 bridgehead atoms. The van der Waals surface area contributed by atoms with Crippen molar-refractivity contribution in [3.8, 4) is 11.6 Å². The van der Waals surface area contributed by atoms with Gasteiger partial charge in [-0.2, -0.15) is 4.98 Å². The summed E-state index contributed by atoms with van der Waals surface area (Å²) in [6, 6.07) is 15.3. The molecule has 2 N–H and O–H groups in total. The summed E-state index contributed by atoms with van der Waals surface area (Å²) < 4.78 is 28.4. The number of piperazine rings is 1. The molecule has 3 aromatic rings. The van der Waals surface area contributed by atoms with Crippen LogP contribution in [0.25, 0.3) is 0 Å². The Labute approximate surface area is 190 Å². The first-order valence-corrected chi connectivity index (χ1v) is 11.7. The van der Waals surface area contributed by atoms with Gasteiger partial charge in [0.1, 0.15) is 12.1 Å². The van der Waals surface area contributed by atoms with Gasteiger partial charge in [-0.25, -0.2) is 18.5 Å². The summed E-state index contributed by atoms with van der Waals surface area (Å²) >= 11 is 0. The van der Waals surface area contributed by atoms with E-state index in [1.807, 2.05) is 23.1 Å². The van der Waals surface area contributed by atoms with E-state index in [-0.39, 0.29) is 28.0 Å². The number of nitro groups is 1. The van der Waals surface area contributed by atoms with Gasteiger partial charge in [0.2, 0.25) is 15.8 Å². The van der Waals surface area contributed by atoms with Crippen LogP contribution in [0.4, 0.5) is 11.5 Å². The van der Waals surface area contributed by atoms with Gasteiger partial charge in [-0.3, -0.25) is 15.0 Å². The molecule has 172 valence electrons. The van der Waals surface area contributed by atoms with E-state index in [0.29, 0.717) is 13.1 Å². The van der Waals surface area contributed by atoms with Crippen LogP contribution >= 0.6 is 0 Å². The first-order chi connectivity index (χ1) is 15.8. The summed E-state index contributed by atoms with van der Waals surface area (Å²) in [4.78, 5) is 23.4. The highest BCUT2D eigenvalue weighted by Crippen LogP contribution is 2.36. The molecule has 1 aliphatic heterocycles. The van der Waals surface area contributed by atoms with E-state index < -0.39 is 14.9 Å². The maximum atomic E-state index is 11.9. The average molecular weight is 471 g/mol. The second-order valence-electron chi connectivity index (χ2n) is 7.48. The van der Waals surface area contributed by atoms with Gasteiger partial charge in [-0.15, -0.1) is 0 Å². The van der Waals surface area contributed by atoms with Crippen molar-refractivity contribution >= 4 is 21.5 Å². The van der Waals surface area contributed by atoms with Crippen LogP contribution in [0.3, 0.4) is 0 Å². The van der Waals surface area contributed by atoms with Gasteiger partial charge in [0.25, 0.3) is 0 Å². The van der Waals surface area contributed by atoms with Gasteiger partial charge >= 0.3 is 11.6 Å². The number of primary sulfonamides is 1. The van der Waals surface area contributed by atoms with Gasteiger partial charge < -0.3 is 9.64 Å². The number of sulfonamides is 1. The third-order valence-electron chi connectivity index (χ3n) is 5.24. The van der Waals surface area contributed by atoms with E-state index >= 15 is 0 Å². The predicted octanol–water partition coefficient (Wildman–Crippen LogP) is 2.15. The lowest BCUT2D eigenvalue weighted by atomic mass is 10.2. The predicted molar refractivity (Wildman–Crippen MR) is 121 cm³/mol. The number of hydrogen-bond donors (Lipinski definition) is 1. The molecule has 0 radical (unpaired) electrons. The van der Waals surface area contributed by atoms with E-state index in [9.17, 15) is 18.5 Å². The zero-order valence-corrected chi connectivity index (χ0v) is 18.4. The zero-order chi connectivity index (χ0) is 23.4. The quantitative estimate of drug-likeness (QED) is 0.405. The highest BCUT2D eigenvalue weighted by Gasteiger charge is 2.30. The fraction of sp³-hybridized carbons (Fsp3) is 0.238. The average Bonchev–Trinajstić information content (AvgIpc) is 2.80. The van der Waals surface area contributed by atoms with E-state index in [1.54, 1.807) is 0 Å². The number of nitrogens with two attached hydrogens (primary N) is 1. The fourth-order valence-corrected chi connectivity index (χ4v) is 4.10. The van der Waals surface area contributed by atoms with Crippen molar-refractivity contribution in [1.82, 2.24) is 14.9 Å². The third-order valence-corrected chi connectivity index (χ3v) is 6.17. The number of hydrogen-bond acceptors (Lipinski definition) is 9. The summed E-state index contributed by atoms with van der Waals surface area (Å²) in [5.41, 5.74) is 0.868. The largest absolute Gasteiger partial charge is 0.434 e. The van der Waals surface area contributed by atoms with Crippen LogP contribution in [0.5, 0.6) is 11.6 Å². The first-order valence-electron chi connectivity index (χ1n) is 10.1. The lowest BCUT2D eigenvalue weighted by Crippen LogP contribution is -2.46. The summed E-state index contributed by atoms with van der Waals surface area (Å²) in [5.74, 6) is 0.147. The molecule has 0 unspecified atom stereocenters. The monoisotopic (exact) mass is 470 g/mol. The third kappa shape index (κ3) is 5.42. The number of anilines is 1. The van der Waals surface area contributed by atoms with Gasteiger partial charge in [0, 0.05) is 32.7 Å². The van der Waals surface area contributed by atoms with Crippen molar-refractivity contribution < 1.29 is 18.1 Å². The normalized spacial score (nSPS) is 14.8. The lowest BCUT2D eigenvalue weighted by molar-refractivity contribution is -0.385. The van der Waals surface area contributed by atoms with Crippen LogP contribution in [0, 0.1) is 10.1 Å². The summed E-state index contributed by atoms with van der Waals surface area (Å²) in [6.45, 7) is 3.38. The van der Waals surface area contributed by atoms with Crippen molar-refractivity contribution in [3.05, 3.63) is 76.6 Å². The Balaban J connectivity index is 1.50. The number of rotatable bonds is 7. The fourth-order valence-electron chi connectivity index (χ4n) is 3.59. The summed E-state index contributed by atoms with van der Waals surface area (Å²) in [5, 5.41) is 17.0. The highest BCUT2D eigenvalue weighted by molar-refractivity contribution is 7.89. The van der Waals surface area contributed by atoms with Crippen molar-refractivity contribution in [2.45, 2.75) is 11.4 Å². The molecule has 0 saturated carbocycles. The zero-order valence-electron chi connectivity index (χ0n) is 17.6. The Bertz CT molecular complexity index is 1230. The number of ether oxygens (including phenoxy) is 1. The first kappa shape index (κ1) is 22.6. The molecule has 0 spiro atoms. The molecule has 1 saturated heterocycles. The molecule has 1 aromatic heterocycles. The topological polar surface area (TPSA) is 145 Å². The van der Waals surface area contributed by atoms with E-state index in [1.165, 1.54) is 36.2 Å². The molecule has 12 heteroatoms. The molecule has 4 rings (SSSR count). The highest BCUT2D eigenvalue weighted by atomic mass is 32.2. The van der Waals surface area contributed by atoms with E-state index in [0.717, 1.165) is 19.6 Å². The molecule has 1 fully saturated rings. The van der Waals surface area contributed by atoms with Crippen LogP contribution in [0.2, 0.25) is 0 Å². The van der Waals surface area contributed by atoms with Crippen LogP contribution in [0.1, 0.15) is 5.56 Å². The number of aromatic nitrogens is 2. The van der Waals surface area contributed by atoms with Crippen LogP contribution in [0.15, 0.2) is 65.8 Å². The van der Waals surface area contributed by atoms with Crippen LogP contribution in [-0.4, -0.2) is 54.4 Å². The van der Waals surface area contributed by atoms with Gasteiger partial charge in [-0.05, 0) is 29.8 Å². The van der Waals surface area contributed by atoms with Crippen LogP contribution in [-0.2, 0) is 16.6 Å². The molecule has 1 aliphatic rings. The summed E-state index contributed by atoms with van der Waals surface area (Å²) in [7, 11) is -3.86. The molecule has 2 heterocycles. The second kappa shape index (κ2) is 9.48. The van der Waals surface area contributed by atoms with Crippen molar-refractivity contribution in [2.75, 3.05) is 31.1 Å². The van der Waals surface area contributed by atoms with Crippen molar-refractivity contribution in [1.29, 1.82) is 0 Å². The molecular formula is C21H22N6O5S. The number of benzene rings is 2. The maximum Gasteiger partial charge on any atom is 0.373 e. The van der Waals surface area contributed by atoms with Gasteiger partial charge in [-0.1, -0.05) is 30.3 Å². The SMILES string of the molecule is NS(=O)(=O)c1ccc(Oc2ncnc(N3CCN(Cc4ccccc4)CC3)c2[N+](=O)[O-])cc1. The Morgan fingerprint density at radius 1 is 1.00 bits per heavy atom. The van der Waals surface area contributed by atoms with Gasteiger partial charge in [0.15, 0.2) is 0 Å². The molecule has 0 amide bonds. The smallest absolute Gasteiger partial charge is 0.373 e. The second-order valence-corrected chi connectivity index (χ2v) is 9.04. The van der Waals surface area contributed by atoms with Crippen LogP contribution < -0.4 is 14.8 Å². The van der Waals surface area contributed by atoms with Gasteiger partial charge in [0.05, 0.1) is 9.82 Å². The minimum Gasteiger partial charge on any atom is -0.434 e. The maximum absolute atomic E-state index is 11.9. The minimum absolute atomic E-state index is 0.0962. The Morgan fingerprint density at radius 2 is 1.67 bits per heavy atom. The molecule has 33 heavy (non-hydrogen) atoms. The Kier molecular flexibility index (Phi) is 6.49. The van der Waals surface area contributed by atoms with E-state index in [4.69, 9.17) is 9.88 Å². The Morgan fingerprint density at radius 3 is 2.27 bits per heavy atom. The minimum atomic E-state index is -3.86. The summed E-state index contributed by atoms with van der Waals surface area (Å²) in [6.07, 6.45) is 1.22. The molecule has 0 aliphatic carbocycles. The molecule has 11 nitrogen and oxygen atoms in total. The molecular weight excluding hydrogens is 448 g/mol. The Hall–Kier alpha value is -3.61. The lowest BCUT2D eigenvalue weighted by Gasteiger charge is -2.35. The van der Waals surface area contributed by atoms with Crippen molar-refractivity contribution in [2.24, 2.45) is 5.14 Å². The van der Waals surface area contributed by atoms with E-state index in [2.05, 4.69) is 27.0 Å². The van der Waals surface area contributed by atoms with Crippen molar-refractivity contribution in [3.63, 3.8) is 0 Å². The standard InChI is InChI=1S/C21H22N6O5S/c22-33(30,31)18-8-6-17(7-9-18)32-21-19(27(28)29)20(23-15-24-21)26-12-10-25(11-13-26)14-16-4-2-1-3-5-16/h1-9,15H,10-14H2,(H2,22,30,31). The molecule has 0 atom stereocenters. The molecule has 2 aromatic carbocycles.